The van der Waals surface area contributed by atoms with Crippen LogP contribution in [0.1, 0.15) is 43.1 Å². The molecule has 4 nitrogen and oxygen atoms in total. The fourth-order valence-electron chi connectivity index (χ4n) is 2.43. The molecule has 2 rings (SSSR count). The molecule has 0 unspecified atom stereocenters. The van der Waals surface area contributed by atoms with Gasteiger partial charge in [0.25, 0.3) is 0 Å². The predicted octanol–water partition coefficient (Wildman–Crippen LogP) is 1.95. The fraction of sp³-hybridized carbons (Fsp3) is 0.667. The van der Waals surface area contributed by atoms with E-state index in [9.17, 15) is 4.79 Å². The Morgan fingerprint density at radius 1 is 1.56 bits per heavy atom. The summed E-state index contributed by atoms with van der Waals surface area (Å²) in [7, 11) is 1.82. The number of hydrogen-bond acceptors (Lipinski definition) is 3. The van der Waals surface area contributed by atoms with E-state index in [1.165, 1.54) is 0 Å². The summed E-state index contributed by atoms with van der Waals surface area (Å²) >= 11 is 0. The first-order chi connectivity index (χ1) is 7.68. The zero-order chi connectivity index (χ0) is 11.6. The fourth-order valence-corrected chi connectivity index (χ4v) is 2.43. The van der Waals surface area contributed by atoms with Crippen molar-refractivity contribution < 1.29 is 9.53 Å². The van der Waals surface area contributed by atoms with Gasteiger partial charge >= 0.3 is 0 Å². The number of ketones is 1. The Balaban J connectivity index is 2.23. The van der Waals surface area contributed by atoms with Gasteiger partial charge in [0.05, 0.1) is 0 Å². The van der Waals surface area contributed by atoms with E-state index >= 15 is 0 Å². The summed E-state index contributed by atoms with van der Waals surface area (Å²) in [6.07, 6.45) is 5.59. The Bertz CT molecular complexity index is 378. The molecule has 4 heteroatoms. The minimum absolute atomic E-state index is 0.0486. The smallest absolute Gasteiger partial charge is 0.214 e. The number of hydrogen-bond donors (Lipinski definition) is 0. The number of rotatable bonds is 4. The lowest BCUT2D eigenvalue weighted by Gasteiger charge is -2.26. The minimum atomic E-state index is -0.594. The molecule has 88 valence electrons. The van der Waals surface area contributed by atoms with Gasteiger partial charge in [-0.2, -0.15) is 5.10 Å². The average Bonchev–Trinajstić information content (AvgIpc) is 2.87. The third kappa shape index (κ3) is 1.89. The summed E-state index contributed by atoms with van der Waals surface area (Å²) in [6.45, 7) is 2.52. The first-order valence-corrected chi connectivity index (χ1v) is 5.86. The summed E-state index contributed by atoms with van der Waals surface area (Å²) < 4.78 is 7.37. The zero-order valence-electron chi connectivity index (χ0n) is 9.90. The Hall–Kier alpha value is -1.16. The van der Waals surface area contributed by atoms with Crippen molar-refractivity contribution in [2.75, 3.05) is 6.61 Å². The molecule has 0 amide bonds. The Labute approximate surface area is 95.6 Å². The van der Waals surface area contributed by atoms with Gasteiger partial charge in [0.2, 0.25) is 5.78 Å². The van der Waals surface area contributed by atoms with Crippen LogP contribution in [0.25, 0.3) is 0 Å². The van der Waals surface area contributed by atoms with Crippen LogP contribution in [0.2, 0.25) is 0 Å². The Morgan fingerprint density at radius 3 is 2.75 bits per heavy atom. The van der Waals surface area contributed by atoms with E-state index in [4.69, 9.17) is 4.74 Å². The summed E-state index contributed by atoms with van der Waals surface area (Å²) in [5, 5.41) is 4.17. The number of aromatic nitrogens is 2. The zero-order valence-corrected chi connectivity index (χ0v) is 9.90. The van der Waals surface area contributed by atoms with Gasteiger partial charge < -0.3 is 4.74 Å². The highest BCUT2D eigenvalue weighted by molar-refractivity contribution is 6.01. The molecular formula is C12H18N2O2. The van der Waals surface area contributed by atoms with Crippen molar-refractivity contribution in [3.05, 3.63) is 18.0 Å². The number of aryl methyl sites for hydroxylation is 1. The lowest BCUT2D eigenvalue weighted by molar-refractivity contribution is -0.0167. The highest BCUT2D eigenvalue weighted by Crippen LogP contribution is 2.35. The van der Waals surface area contributed by atoms with E-state index in [1.807, 2.05) is 14.0 Å². The molecule has 1 aromatic heterocycles. The van der Waals surface area contributed by atoms with Crippen molar-refractivity contribution in [1.29, 1.82) is 0 Å². The number of carbonyl (C=O) groups excluding carboxylic acids is 1. The van der Waals surface area contributed by atoms with Crippen LogP contribution in [-0.2, 0) is 11.8 Å². The molecule has 1 aliphatic rings. The molecule has 1 heterocycles. The van der Waals surface area contributed by atoms with Crippen molar-refractivity contribution in [2.24, 2.45) is 7.05 Å². The minimum Gasteiger partial charge on any atom is -0.367 e. The quantitative estimate of drug-likeness (QED) is 0.731. The number of Topliss-reactive ketones (excluding diaryl/α,β-unsaturated/α-hetero) is 1. The molecule has 1 aromatic rings. The topological polar surface area (TPSA) is 44.1 Å². The molecule has 16 heavy (non-hydrogen) atoms. The van der Waals surface area contributed by atoms with Crippen LogP contribution in [-0.4, -0.2) is 27.8 Å². The highest BCUT2D eigenvalue weighted by Gasteiger charge is 2.43. The first-order valence-electron chi connectivity index (χ1n) is 5.86. The van der Waals surface area contributed by atoms with Gasteiger partial charge in [0.1, 0.15) is 11.3 Å². The SMILES string of the molecule is CCOC1(C(=O)c2ccn(C)n2)CCCC1. The lowest BCUT2D eigenvalue weighted by Crippen LogP contribution is -2.39. The summed E-state index contributed by atoms with van der Waals surface area (Å²) in [5.41, 5.74) is -0.0684. The molecule has 0 aromatic carbocycles. The van der Waals surface area contributed by atoms with Crippen molar-refractivity contribution >= 4 is 5.78 Å². The van der Waals surface area contributed by atoms with Crippen LogP contribution in [0, 0.1) is 0 Å². The molecule has 0 spiro atoms. The average molecular weight is 222 g/mol. The number of ether oxygens (including phenoxy) is 1. The van der Waals surface area contributed by atoms with Crippen LogP contribution < -0.4 is 0 Å². The monoisotopic (exact) mass is 222 g/mol. The number of nitrogens with zero attached hydrogens (tertiary/aromatic N) is 2. The normalized spacial score (nSPS) is 18.9. The summed E-state index contributed by atoms with van der Waals surface area (Å²) in [4.78, 5) is 12.4. The molecule has 0 atom stereocenters. The van der Waals surface area contributed by atoms with E-state index in [0.29, 0.717) is 12.3 Å². The maximum atomic E-state index is 12.4. The van der Waals surface area contributed by atoms with Gasteiger partial charge in [-0.3, -0.25) is 9.48 Å². The molecule has 0 radical (unpaired) electrons. The predicted molar refractivity (Wildman–Crippen MR) is 60.4 cm³/mol. The Morgan fingerprint density at radius 2 is 2.25 bits per heavy atom. The summed E-state index contributed by atoms with van der Waals surface area (Å²) in [5.74, 6) is 0.0486. The van der Waals surface area contributed by atoms with E-state index in [2.05, 4.69) is 5.10 Å². The van der Waals surface area contributed by atoms with Crippen LogP contribution in [0.3, 0.4) is 0 Å². The molecule has 1 saturated carbocycles. The number of carbonyl (C=O) groups is 1. The molecular weight excluding hydrogens is 204 g/mol. The van der Waals surface area contributed by atoms with Crippen molar-refractivity contribution in [1.82, 2.24) is 9.78 Å². The van der Waals surface area contributed by atoms with Gasteiger partial charge in [-0.25, -0.2) is 0 Å². The largest absolute Gasteiger partial charge is 0.367 e. The molecule has 0 bridgehead atoms. The van der Waals surface area contributed by atoms with Crippen molar-refractivity contribution in [3.63, 3.8) is 0 Å². The second kappa shape index (κ2) is 4.37. The second-order valence-electron chi connectivity index (χ2n) is 4.34. The van der Waals surface area contributed by atoms with E-state index in [1.54, 1.807) is 16.9 Å². The third-order valence-electron chi connectivity index (χ3n) is 3.19. The maximum Gasteiger partial charge on any atom is 0.214 e. The summed E-state index contributed by atoms with van der Waals surface area (Å²) in [6, 6.07) is 1.77. The van der Waals surface area contributed by atoms with E-state index < -0.39 is 5.60 Å². The Kier molecular flexibility index (Phi) is 3.10. The van der Waals surface area contributed by atoms with Gasteiger partial charge in [-0.15, -0.1) is 0 Å². The van der Waals surface area contributed by atoms with E-state index in [-0.39, 0.29) is 5.78 Å². The third-order valence-corrected chi connectivity index (χ3v) is 3.19. The molecule has 0 aliphatic heterocycles. The molecule has 1 aliphatic carbocycles. The van der Waals surface area contributed by atoms with Crippen LogP contribution in [0.15, 0.2) is 12.3 Å². The van der Waals surface area contributed by atoms with Gasteiger partial charge in [0.15, 0.2) is 0 Å². The standard InChI is InChI=1S/C12H18N2O2/c1-3-16-12(7-4-5-8-12)11(15)10-6-9-14(2)13-10/h6,9H,3-5,7-8H2,1-2H3. The second-order valence-corrected chi connectivity index (χ2v) is 4.34. The first kappa shape index (κ1) is 11.3. The molecule has 1 fully saturated rings. The highest BCUT2D eigenvalue weighted by atomic mass is 16.5. The molecule has 0 N–H and O–H groups in total. The van der Waals surface area contributed by atoms with Gasteiger partial charge in [-0.1, -0.05) is 0 Å². The van der Waals surface area contributed by atoms with E-state index in [0.717, 1.165) is 25.7 Å². The van der Waals surface area contributed by atoms with Crippen LogP contribution in [0.4, 0.5) is 0 Å². The lowest BCUT2D eigenvalue weighted by atomic mass is 9.94. The van der Waals surface area contributed by atoms with Gasteiger partial charge in [0, 0.05) is 19.9 Å². The van der Waals surface area contributed by atoms with Crippen LogP contribution >= 0.6 is 0 Å². The molecule has 0 saturated heterocycles. The maximum absolute atomic E-state index is 12.4. The van der Waals surface area contributed by atoms with Crippen LogP contribution in [0.5, 0.6) is 0 Å². The van der Waals surface area contributed by atoms with Crippen molar-refractivity contribution in [2.45, 2.75) is 38.2 Å². The van der Waals surface area contributed by atoms with Gasteiger partial charge in [-0.05, 0) is 38.7 Å². The van der Waals surface area contributed by atoms with Crippen molar-refractivity contribution in [3.8, 4) is 0 Å².